The topological polar surface area (TPSA) is 93.9 Å². The summed E-state index contributed by atoms with van der Waals surface area (Å²) < 4.78 is 11.1. The van der Waals surface area contributed by atoms with Gasteiger partial charge in [0.15, 0.2) is 0 Å². The van der Waals surface area contributed by atoms with Gasteiger partial charge in [0.05, 0.1) is 0 Å². The second kappa shape index (κ2) is 37.3. The lowest BCUT2D eigenvalue weighted by molar-refractivity contribution is -0.144. The van der Waals surface area contributed by atoms with Crippen LogP contribution in [0.3, 0.4) is 0 Å². The Balaban J connectivity index is 0. The van der Waals surface area contributed by atoms with Gasteiger partial charge in [-0.3, -0.25) is 14.5 Å². The fourth-order valence-corrected chi connectivity index (χ4v) is 5.15. The first-order valence-electron chi connectivity index (χ1n) is 18.1. The molecule has 0 fully saturated rings. The molecule has 0 saturated heterocycles. The van der Waals surface area contributed by atoms with E-state index >= 15 is 0 Å². The quantitative estimate of drug-likeness (QED) is 0.0543. The third kappa shape index (κ3) is 35.5. The van der Waals surface area contributed by atoms with E-state index in [2.05, 4.69) is 24.1 Å². The van der Waals surface area contributed by atoms with Gasteiger partial charge in [-0.15, -0.1) is 12.4 Å². The maximum Gasteiger partial charge on any atom is 0.305 e. The van der Waals surface area contributed by atoms with Crippen molar-refractivity contribution in [2.75, 3.05) is 52.5 Å². The van der Waals surface area contributed by atoms with Gasteiger partial charge in [-0.25, -0.2) is 0 Å². The molecule has 0 amide bonds. The molecule has 0 spiro atoms. The van der Waals surface area contributed by atoms with Crippen molar-refractivity contribution >= 4 is 24.3 Å². The molecule has 0 saturated carbocycles. The molecule has 0 aliphatic carbocycles. The van der Waals surface area contributed by atoms with Gasteiger partial charge in [-0.1, -0.05) is 117 Å². The van der Waals surface area contributed by atoms with E-state index in [0.717, 1.165) is 71.1 Å². The summed E-state index contributed by atoms with van der Waals surface area (Å²) in [6.07, 6.45) is 26.5. The average molecular weight is 634 g/mol. The predicted octanol–water partition coefficient (Wildman–Crippen LogP) is 8.36. The summed E-state index contributed by atoms with van der Waals surface area (Å²) in [7, 11) is 0. The molecule has 8 heteroatoms. The molecule has 7 nitrogen and oxygen atoms in total. The van der Waals surface area contributed by atoms with E-state index < -0.39 is 0 Å². The number of carbonyl (C=O) groups excluding carboxylic acids is 2. The van der Waals surface area contributed by atoms with E-state index in [9.17, 15) is 9.59 Å². The third-order valence-corrected chi connectivity index (χ3v) is 7.95. The molecule has 0 aliphatic heterocycles. The van der Waals surface area contributed by atoms with Gasteiger partial charge in [-0.05, 0) is 58.3 Å². The molecule has 0 aromatic heterocycles. The Kier molecular flexibility index (Phi) is 38.4. The van der Waals surface area contributed by atoms with Crippen LogP contribution in [0.15, 0.2) is 0 Å². The Morgan fingerprint density at radius 2 is 0.930 bits per heavy atom. The van der Waals surface area contributed by atoms with Crippen LogP contribution in [0.25, 0.3) is 0 Å². The van der Waals surface area contributed by atoms with Crippen LogP contribution in [0.2, 0.25) is 0 Å². The minimum Gasteiger partial charge on any atom is -0.464 e. The lowest BCUT2D eigenvalue weighted by Crippen LogP contribution is -2.33. The summed E-state index contributed by atoms with van der Waals surface area (Å²) in [6.45, 7) is 10.2. The highest BCUT2D eigenvalue weighted by molar-refractivity contribution is 5.85. The van der Waals surface area contributed by atoms with Crippen LogP contribution < -0.4 is 11.1 Å². The lowest BCUT2D eigenvalue weighted by Gasteiger charge is -2.22. The fourth-order valence-electron chi connectivity index (χ4n) is 5.15. The van der Waals surface area contributed by atoms with Gasteiger partial charge in [0.25, 0.3) is 0 Å². The van der Waals surface area contributed by atoms with Crippen LogP contribution in [0.1, 0.15) is 162 Å². The number of carbonyl (C=O) groups is 2. The van der Waals surface area contributed by atoms with E-state index in [1.807, 2.05) is 0 Å². The zero-order chi connectivity index (χ0) is 30.8. The number of nitrogens with one attached hydrogen (secondary N) is 1. The van der Waals surface area contributed by atoms with Crippen LogP contribution in [-0.4, -0.2) is 69.3 Å². The zero-order valence-corrected chi connectivity index (χ0v) is 29.3. The normalized spacial score (nSPS) is 11.1. The zero-order valence-electron chi connectivity index (χ0n) is 28.5. The Hall–Kier alpha value is -0.890. The number of hydrogen-bond acceptors (Lipinski definition) is 7. The molecular formula is C35H72ClN3O4. The Morgan fingerprint density at radius 3 is 1.35 bits per heavy atom. The van der Waals surface area contributed by atoms with Crippen molar-refractivity contribution in [2.24, 2.45) is 5.73 Å². The molecule has 0 unspecified atom stereocenters. The molecule has 0 radical (unpaired) electrons. The van der Waals surface area contributed by atoms with Crippen molar-refractivity contribution in [3.05, 3.63) is 0 Å². The summed E-state index contributed by atoms with van der Waals surface area (Å²) in [6, 6.07) is 0. The van der Waals surface area contributed by atoms with E-state index in [1.165, 1.54) is 89.9 Å². The highest BCUT2D eigenvalue weighted by Gasteiger charge is 2.10. The van der Waals surface area contributed by atoms with Gasteiger partial charge >= 0.3 is 11.9 Å². The van der Waals surface area contributed by atoms with Crippen LogP contribution in [0.4, 0.5) is 0 Å². The van der Waals surface area contributed by atoms with E-state index in [0.29, 0.717) is 39.1 Å². The minimum atomic E-state index is -0.0885. The SMILES string of the molecule is CCCCCCCCCCCC(=O)OCCN(CCCCNCCCN)CCOC(=O)CCCCCCCCCCC.Cl. The van der Waals surface area contributed by atoms with Gasteiger partial charge in [0, 0.05) is 25.9 Å². The number of unbranched alkanes of at least 4 members (excludes halogenated alkanes) is 17. The molecule has 43 heavy (non-hydrogen) atoms. The molecule has 0 aromatic carbocycles. The van der Waals surface area contributed by atoms with Crippen molar-refractivity contribution in [3.8, 4) is 0 Å². The van der Waals surface area contributed by atoms with Crippen molar-refractivity contribution in [3.63, 3.8) is 0 Å². The number of esters is 2. The predicted molar refractivity (Wildman–Crippen MR) is 185 cm³/mol. The molecule has 3 N–H and O–H groups in total. The van der Waals surface area contributed by atoms with Crippen LogP contribution in [0, 0.1) is 0 Å². The molecule has 0 bridgehead atoms. The molecular weight excluding hydrogens is 562 g/mol. The maximum atomic E-state index is 12.2. The summed E-state index contributed by atoms with van der Waals surface area (Å²) in [4.78, 5) is 26.7. The number of halogens is 1. The Morgan fingerprint density at radius 1 is 0.535 bits per heavy atom. The number of nitrogens with zero attached hydrogens (tertiary/aromatic N) is 1. The largest absolute Gasteiger partial charge is 0.464 e. The highest BCUT2D eigenvalue weighted by atomic mass is 35.5. The van der Waals surface area contributed by atoms with Gasteiger partial charge in [0.2, 0.25) is 0 Å². The van der Waals surface area contributed by atoms with E-state index in [4.69, 9.17) is 15.2 Å². The summed E-state index contributed by atoms with van der Waals surface area (Å²) in [5.74, 6) is -0.177. The molecule has 0 atom stereocenters. The smallest absolute Gasteiger partial charge is 0.305 e. The van der Waals surface area contributed by atoms with Crippen LogP contribution >= 0.6 is 12.4 Å². The van der Waals surface area contributed by atoms with Crippen molar-refractivity contribution in [2.45, 2.75) is 162 Å². The van der Waals surface area contributed by atoms with Crippen molar-refractivity contribution in [1.82, 2.24) is 10.2 Å². The Bertz CT molecular complexity index is 543. The first kappa shape index (κ1) is 44.2. The summed E-state index contributed by atoms with van der Waals surface area (Å²) in [5.41, 5.74) is 5.56. The third-order valence-electron chi connectivity index (χ3n) is 7.95. The highest BCUT2D eigenvalue weighted by Crippen LogP contribution is 2.12. The van der Waals surface area contributed by atoms with Gasteiger partial charge in [-0.2, -0.15) is 0 Å². The van der Waals surface area contributed by atoms with Gasteiger partial charge < -0.3 is 20.5 Å². The van der Waals surface area contributed by atoms with Crippen molar-refractivity contribution < 1.29 is 19.1 Å². The second-order valence-corrected chi connectivity index (χ2v) is 12.0. The number of hydrogen-bond donors (Lipinski definition) is 2. The maximum absolute atomic E-state index is 12.2. The average Bonchev–Trinajstić information content (AvgIpc) is 2.98. The van der Waals surface area contributed by atoms with Crippen LogP contribution in [-0.2, 0) is 19.1 Å². The number of rotatable bonds is 34. The molecule has 0 aromatic rings. The van der Waals surface area contributed by atoms with E-state index in [1.54, 1.807) is 0 Å². The minimum absolute atomic E-state index is 0. The first-order valence-corrected chi connectivity index (χ1v) is 18.1. The fraction of sp³-hybridized carbons (Fsp3) is 0.943. The van der Waals surface area contributed by atoms with Gasteiger partial charge in [0.1, 0.15) is 13.2 Å². The second-order valence-electron chi connectivity index (χ2n) is 12.0. The summed E-state index contributed by atoms with van der Waals surface area (Å²) >= 11 is 0. The van der Waals surface area contributed by atoms with E-state index in [-0.39, 0.29) is 24.3 Å². The standard InChI is InChI=1S/C35H71N3O4.ClH/c1-3-5-7-9-11-13-15-17-19-24-34(39)41-32-30-38(29-22-21-27-37-28-23-26-36)31-33-42-35(40)25-20-18-16-14-12-10-8-6-4-2;/h37H,3-33,36H2,1-2H3;1H. The van der Waals surface area contributed by atoms with Crippen LogP contribution in [0.5, 0.6) is 0 Å². The van der Waals surface area contributed by atoms with Crippen molar-refractivity contribution in [1.29, 1.82) is 0 Å². The Labute approximate surface area is 273 Å². The molecule has 0 rings (SSSR count). The monoisotopic (exact) mass is 634 g/mol. The molecule has 258 valence electrons. The summed E-state index contributed by atoms with van der Waals surface area (Å²) in [5, 5.41) is 3.43. The first-order chi connectivity index (χ1) is 20.6. The molecule has 0 aliphatic rings. The number of nitrogens with two attached hydrogens (primary N) is 1. The number of ether oxygens (including phenoxy) is 2. The lowest BCUT2D eigenvalue weighted by atomic mass is 10.1. The molecule has 0 heterocycles.